The standard InChI is InChI=1S/C20H31N5O2S2/c1-6-14(5)21-15(26)11-28-20-23-17-16(18(27)25(20)12(2)3)29-19(22-17)24-9-7-13(4)8-10-24/h12-14H,6-11H2,1-5H3,(H,21,26). The van der Waals surface area contributed by atoms with Crippen LogP contribution in [0.4, 0.5) is 5.13 Å². The summed E-state index contributed by atoms with van der Waals surface area (Å²) in [5.74, 6) is 0.924. The highest BCUT2D eigenvalue weighted by Crippen LogP contribution is 2.31. The van der Waals surface area contributed by atoms with Gasteiger partial charge in [-0.05, 0) is 46.0 Å². The van der Waals surface area contributed by atoms with Gasteiger partial charge in [-0.1, -0.05) is 36.9 Å². The van der Waals surface area contributed by atoms with Gasteiger partial charge in [0.25, 0.3) is 5.56 Å². The number of rotatable bonds is 7. The zero-order chi connectivity index (χ0) is 21.1. The largest absolute Gasteiger partial charge is 0.353 e. The van der Waals surface area contributed by atoms with Crippen molar-refractivity contribution in [3.8, 4) is 0 Å². The van der Waals surface area contributed by atoms with E-state index in [9.17, 15) is 9.59 Å². The minimum absolute atomic E-state index is 0.0408. The summed E-state index contributed by atoms with van der Waals surface area (Å²) < 4.78 is 2.28. The van der Waals surface area contributed by atoms with Crippen LogP contribution in [0, 0.1) is 5.92 Å². The number of amides is 1. The van der Waals surface area contributed by atoms with E-state index in [1.807, 2.05) is 27.7 Å². The summed E-state index contributed by atoms with van der Waals surface area (Å²) in [5.41, 5.74) is 0.430. The summed E-state index contributed by atoms with van der Waals surface area (Å²) in [6.07, 6.45) is 3.17. The Labute approximate surface area is 180 Å². The van der Waals surface area contributed by atoms with Gasteiger partial charge in [-0.2, -0.15) is 4.98 Å². The molecule has 1 unspecified atom stereocenters. The molecule has 160 valence electrons. The van der Waals surface area contributed by atoms with Crippen LogP contribution in [0.3, 0.4) is 0 Å². The van der Waals surface area contributed by atoms with Crippen LogP contribution in [0.1, 0.15) is 59.9 Å². The fourth-order valence-corrected chi connectivity index (χ4v) is 5.22. The first-order valence-electron chi connectivity index (χ1n) is 10.4. The third-order valence-electron chi connectivity index (χ3n) is 5.34. The smallest absolute Gasteiger partial charge is 0.274 e. The first-order chi connectivity index (χ1) is 13.8. The van der Waals surface area contributed by atoms with Gasteiger partial charge < -0.3 is 10.2 Å². The van der Waals surface area contributed by atoms with E-state index in [4.69, 9.17) is 0 Å². The fraction of sp³-hybridized carbons (Fsp3) is 0.700. The first kappa shape index (κ1) is 22.1. The summed E-state index contributed by atoms with van der Waals surface area (Å²) in [5, 5.41) is 4.39. The monoisotopic (exact) mass is 437 g/mol. The molecule has 3 heterocycles. The molecule has 0 spiro atoms. The van der Waals surface area contributed by atoms with Crippen LogP contribution in [0.15, 0.2) is 9.95 Å². The van der Waals surface area contributed by atoms with Gasteiger partial charge in [-0.25, -0.2) is 4.98 Å². The van der Waals surface area contributed by atoms with E-state index in [1.54, 1.807) is 4.57 Å². The van der Waals surface area contributed by atoms with E-state index in [-0.39, 0.29) is 29.3 Å². The Kier molecular flexibility index (Phi) is 7.21. The number of nitrogens with one attached hydrogen (secondary N) is 1. The summed E-state index contributed by atoms with van der Waals surface area (Å²) >= 11 is 2.74. The summed E-state index contributed by atoms with van der Waals surface area (Å²) in [4.78, 5) is 37.0. The van der Waals surface area contributed by atoms with Crippen molar-refractivity contribution >= 4 is 44.5 Å². The van der Waals surface area contributed by atoms with E-state index in [0.29, 0.717) is 15.5 Å². The minimum atomic E-state index is -0.0658. The van der Waals surface area contributed by atoms with Crippen LogP contribution in [0.2, 0.25) is 0 Å². The highest BCUT2D eigenvalue weighted by atomic mass is 32.2. The number of piperidine rings is 1. The minimum Gasteiger partial charge on any atom is -0.353 e. The lowest BCUT2D eigenvalue weighted by atomic mass is 10.00. The molecule has 2 aromatic rings. The van der Waals surface area contributed by atoms with Crippen molar-refractivity contribution in [2.24, 2.45) is 5.92 Å². The van der Waals surface area contributed by atoms with Gasteiger partial charge in [0.15, 0.2) is 15.9 Å². The lowest BCUT2D eigenvalue weighted by Gasteiger charge is -2.29. The number of hydrogen-bond donors (Lipinski definition) is 1. The molecule has 1 fully saturated rings. The van der Waals surface area contributed by atoms with Crippen LogP contribution < -0.4 is 15.8 Å². The van der Waals surface area contributed by atoms with Crippen LogP contribution in [-0.2, 0) is 4.79 Å². The third-order valence-corrected chi connectivity index (χ3v) is 7.39. The van der Waals surface area contributed by atoms with Crippen molar-refractivity contribution in [1.29, 1.82) is 0 Å². The van der Waals surface area contributed by atoms with Crippen LogP contribution in [0.5, 0.6) is 0 Å². The molecule has 1 aliphatic heterocycles. The zero-order valence-corrected chi connectivity index (χ0v) is 19.5. The average molecular weight is 438 g/mol. The second kappa shape index (κ2) is 9.47. The third kappa shape index (κ3) is 5.12. The molecule has 1 amide bonds. The normalized spacial score (nSPS) is 16.6. The zero-order valence-electron chi connectivity index (χ0n) is 17.9. The summed E-state index contributed by atoms with van der Waals surface area (Å²) in [6, 6.07) is 0.0973. The lowest BCUT2D eigenvalue weighted by molar-refractivity contribution is -0.119. The number of anilines is 1. The van der Waals surface area contributed by atoms with Gasteiger partial charge in [0.1, 0.15) is 4.70 Å². The topological polar surface area (TPSA) is 80.1 Å². The number of fused-ring (bicyclic) bond motifs is 1. The van der Waals surface area contributed by atoms with Gasteiger partial charge in [-0.15, -0.1) is 0 Å². The predicted octanol–water partition coefficient (Wildman–Crippen LogP) is 3.68. The van der Waals surface area contributed by atoms with Crippen LogP contribution in [0.25, 0.3) is 10.3 Å². The molecule has 0 aliphatic carbocycles. The molecule has 2 aromatic heterocycles. The maximum Gasteiger partial charge on any atom is 0.274 e. The molecule has 1 N–H and O–H groups in total. The summed E-state index contributed by atoms with van der Waals surface area (Å²) in [7, 11) is 0. The Bertz CT molecular complexity index is 915. The quantitative estimate of drug-likeness (QED) is 0.526. The van der Waals surface area contributed by atoms with Crippen molar-refractivity contribution < 1.29 is 4.79 Å². The number of thioether (sulfide) groups is 1. The number of hydrogen-bond acceptors (Lipinski definition) is 7. The van der Waals surface area contributed by atoms with Gasteiger partial charge in [0.2, 0.25) is 5.91 Å². The Balaban J connectivity index is 1.88. The number of nitrogens with zero attached hydrogens (tertiary/aromatic N) is 4. The van der Waals surface area contributed by atoms with E-state index in [1.165, 1.54) is 23.1 Å². The molecule has 0 bridgehead atoms. The molecule has 0 radical (unpaired) electrons. The number of carbonyl (C=O) groups is 1. The van der Waals surface area contributed by atoms with Crippen molar-refractivity contribution in [3.63, 3.8) is 0 Å². The molecule has 1 aliphatic rings. The Hall–Kier alpha value is -1.61. The van der Waals surface area contributed by atoms with E-state index >= 15 is 0 Å². The highest BCUT2D eigenvalue weighted by molar-refractivity contribution is 7.99. The van der Waals surface area contributed by atoms with Gasteiger partial charge in [0, 0.05) is 25.2 Å². The molecule has 0 aromatic carbocycles. The number of carbonyl (C=O) groups excluding carboxylic acids is 1. The maximum absolute atomic E-state index is 13.2. The van der Waals surface area contributed by atoms with E-state index in [0.717, 1.165) is 43.4 Å². The number of aromatic nitrogens is 3. The van der Waals surface area contributed by atoms with Crippen LogP contribution in [-0.4, -0.2) is 45.3 Å². The lowest BCUT2D eigenvalue weighted by Crippen LogP contribution is -2.33. The average Bonchev–Trinajstić information content (AvgIpc) is 3.11. The maximum atomic E-state index is 13.2. The Morgan fingerprint density at radius 2 is 1.97 bits per heavy atom. The molecule has 3 rings (SSSR count). The van der Waals surface area contributed by atoms with Gasteiger partial charge >= 0.3 is 0 Å². The highest BCUT2D eigenvalue weighted by Gasteiger charge is 2.23. The predicted molar refractivity (Wildman–Crippen MR) is 121 cm³/mol. The van der Waals surface area contributed by atoms with Crippen LogP contribution >= 0.6 is 23.1 Å². The Morgan fingerprint density at radius 1 is 1.28 bits per heavy atom. The molecule has 7 nitrogen and oxygen atoms in total. The fourth-order valence-electron chi connectivity index (χ4n) is 3.30. The molecule has 1 saturated heterocycles. The SMILES string of the molecule is CCC(C)NC(=O)CSc1nc2nc(N3CCC(C)CC3)sc2c(=O)n1C(C)C. The van der Waals surface area contributed by atoms with Crippen molar-refractivity contribution in [2.45, 2.75) is 71.1 Å². The van der Waals surface area contributed by atoms with Crippen molar-refractivity contribution in [2.75, 3.05) is 23.7 Å². The van der Waals surface area contributed by atoms with Gasteiger partial charge in [-0.3, -0.25) is 14.2 Å². The molecular formula is C20H31N5O2S2. The molecule has 29 heavy (non-hydrogen) atoms. The first-order valence-corrected chi connectivity index (χ1v) is 12.2. The molecule has 1 atom stereocenters. The van der Waals surface area contributed by atoms with Gasteiger partial charge in [0.05, 0.1) is 5.75 Å². The van der Waals surface area contributed by atoms with E-state index in [2.05, 4.69) is 27.1 Å². The second-order valence-electron chi connectivity index (χ2n) is 8.15. The molecular weight excluding hydrogens is 406 g/mol. The second-order valence-corrected chi connectivity index (χ2v) is 10.1. The van der Waals surface area contributed by atoms with Crippen molar-refractivity contribution in [3.05, 3.63) is 10.4 Å². The summed E-state index contributed by atoms with van der Waals surface area (Å²) in [6.45, 7) is 12.2. The molecule has 9 heteroatoms. The molecule has 0 saturated carbocycles. The van der Waals surface area contributed by atoms with E-state index < -0.39 is 0 Å². The van der Waals surface area contributed by atoms with Crippen molar-refractivity contribution in [1.82, 2.24) is 19.9 Å². The Morgan fingerprint density at radius 3 is 2.59 bits per heavy atom. The number of thiazole rings is 1.